The zero-order chi connectivity index (χ0) is 8.85. The summed E-state index contributed by atoms with van der Waals surface area (Å²) in [6.07, 6.45) is -1.78. The maximum absolute atomic E-state index is 9.96. The molecule has 0 radical (unpaired) electrons. The number of aliphatic hydroxyl groups is 2. The van der Waals surface area contributed by atoms with Crippen LogP contribution in [0.25, 0.3) is 0 Å². The van der Waals surface area contributed by atoms with Crippen LogP contribution in [0.1, 0.15) is 13.3 Å². The second-order valence-electron chi connectivity index (χ2n) is 2.41. The van der Waals surface area contributed by atoms with Gasteiger partial charge < -0.3 is 19.7 Å². The largest absolute Gasteiger partial charge is 0.391 e. The molecule has 0 rings (SSSR count). The highest BCUT2D eigenvalue weighted by Crippen LogP contribution is 2.05. The number of carbonyl (C=O) groups is 1. The number of ether oxygens (including phenoxy) is 1. The van der Waals surface area contributed by atoms with Crippen molar-refractivity contribution in [2.24, 2.45) is 0 Å². The summed E-state index contributed by atoms with van der Waals surface area (Å²) in [5.41, 5.74) is 0. The van der Waals surface area contributed by atoms with E-state index in [4.69, 9.17) is 14.9 Å². The van der Waals surface area contributed by atoms with Gasteiger partial charge in [-0.25, -0.2) is 0 Å². The number of methoxy groups -OCH3 is 1. The van der Waals surface area contributed by atoms with Crippen molar-refractivity contribution in [3.8, 4) is 0 Å². The maximum Gasteiger partial charge on any atom is 0.122 e. The minimum Gasteiger partial charge on any atom is -0.391 e. The highest BCUT2D eigenvalue weighted by molar-refractivity contribution is 5.50. The quantitative estimate of drug-likeness (QED) is 0.526. The molecule has 3 atom stereocenters. The fourth-order valence-electron chi connectivity index (χ4n) is 0.908. The molecule has 0 saturated carbocycles. The van der Waals surface area contributed by atoms with Gasteiger partial charge in [0.15, 0.2) is 0 Å². The Bertz CT molecular complexity index is 113. The fraction of sp³-hybridized carbons (Fsp3) is 0.857. The van der Waals surface area contributed by atoms with E-state index in [2.05, 4.69) is 0 Å². The van der Waals surface area contributed by atoms with Crippen LogP contribution in [0.5, 0.6) is 0 Å². The Hall–Kier alpha value is -0.450. The second-order valence-corrected chi connectivity index (χ2v) is 2.41. The lowest BCUT2D eigenvalue weighted by Gasteiger charge is -2.22. The molecule has 4 heteroatoms. The van der Waals surface area contributed by atoms with E-state index in [1.54, 1.807) is 0 Å². The summed E-state index contributed by atoms with van der Waals surface area (Å²) in [7, 11) is 1.38. The van der Waals surface area contributed by atoms with Crippen LogP contribution >= 0.6 is 0 Å². The molecule has 0 aliphatic rings. The third kappa shape index (κ3) is 3.46. The van der Waals surface area contributed by atoms with Crippen molar-refractivity contribution in [2.75, 3.05) is 7.11 Å². The third-order valence-electron chi connectivity index (χ3n) is 1.46. The first-order chi connectivity index (χ1) is 5.13. The Balaban J connectivity index is 3.90. The summed E-state index contributed by atoms with van der Waals surface area (Å²) >= 11 is 0. The van der Waals surface area contributed by atoms with Gasteiger partial charge in [-0.05, 0) is 6.92 Å². The number of hydrogen-bond acceptors (Lipinski definition) is 4. The summed E-state index contributed by atoms with van der Waals surface area (Å²) in [4.78, 5) is 9.96. The highest BCUT2D eigenvalue weighted by Gasteiger charge is 2.22. The van der Waals surface area contributed by atoms with Crippen LogP contribution in [-0.2, 0) is 9.53 Å². The molecule has 0 bridgehead atoms. The van der Waals surface area contributed by atoms with Gasteiger partial charge in [0.2, 0.25) is 0 Å². The molecule has 3 unspecified atom stereocenters. The summed E-state index contributed by atoms with van der Waals surface area (Å²) < 4.78 is 4.77. The van der Waals surface area contributed by atoms with Gasteiger partial charge in [0.05, 0.1) is 12.2 Å². The van der Waals surface area contributed by atoms with Crippen molar-refractivity contribution < 1.29 is 19.7 Å². The van der Waals surface area contributed by atoms with Gasteiger partial charge >= 0.3 is 0 Å². The molecule has 0 aliphatic carbocycles. The molecule has 0 fully saturated rings. The highest BCUT2D eigenvalue weighted by atomic mass is 16.5. The Morgan fingerprint density at radius 1 is 1.55 bits per heavy atom. The molecule has 0 amide bonds. The van der Waals surface area contributed by atoms with Gasteiger partial charge in [-0.2, -0.15) is 0 Å². The van der Waals surface area contributed by atoms with Crippen LogP contribution in [0.4, 0.5) is 0 Å². The Kier molecular flexibility index (Phi) is 5.02. The molecular formula is C7H14O4. The lowest BCUT2D eigenvalue weighted by Crippen LogP contribution is -2.37. The molecule has 0 aromatic rings. The average Bonchev–Trinajstić information content (AvgIpc) is 1.88. The van der Waals surface area contributed by atoms with Crippen molar-refractivity contribution in [1.82, 2.24) is 0 Å². The van der Waals surface area contributed by atoms with Gasteiger partial charge in [-0.15, -0.1) is 0 Å². The molecule has 0 aromatic heterocycles. The Morgan fingerprint density at radius 2 is 2.09 bits per heavy atom. The molecule has 0 heterocycles. The van der Waals surface area contributed by atoms with E-state index in [1.165, 1.54) is 14.0 Å². The van der Waals surface area contributed by atoms with Gasteiger partial charge in [0, 0.05) is 13.5 Å². The number of aliphatic hydroxyl groups excluding tert-OH is 2. The normalized spacial score (nSPS) is 18.9. The zero-order valence-electron chi connectivity index (χ0n) is 6.73. The molecule has 0 aliphatic heterocycles. The standard InChI is InChI=1S/C7H14O4/c1-5(9)7(11-2)6(10)3-4-8/h4-7,9-10H,3H2,1-2H3. The number of rotatable bonds is 5. The molecule has 0 spiro atoms. The molecule has 66 valence electrons. The second kappa shape index (κ2) is 5.23. The minimum atomic E-state index is -0.919. The molecule has 0 aromatic carbocycles. The van der Waals surface area contributed by atoms with Crippen LogP contribution in [-0.4, -0.2) is 41.9 Å². The van der Waals surface area contributed by atoms with E-state index in [-0.39, 0.29) is 6.42 Å². The van der Waals surface area contributed by atoms with Gasteiger partial charge in [-0.3, -0.25) is 0 Å². The number of carbonyl (C=O) groups excluding carboxylic acids is 1. The lowest BCUT2D eigenvalue weighted by molar-refractivity contribution is -0.115. The van der Waals surface area contributed by atoms with Gasteiger partial charge in [-0.1, -0.05) is 0 Å². The maximum atomic E-state index is 9.96. The monoisotopic (exact) mass is 162 g/mol. The number of aldehydes is 1. The van der Waals surface area contributed by atoms with E-state index in [0.717, 1.165) is 0 Å². The molecule has 4 nitrogen and oxygen atoms in total. The summed E-state index contributed by atoms with van der Waals surface area (Å²) in [6.45, 7) is 1.50. The van der Waals surface area contributed by atoms with Crippen molar-refractivity contribution in [1.29, 1.82) is 0 Å². The summed E-state index contributed by atoms with van der Waals surface area (Å²) in [5.74, 6) is 0. The van der Waals surface area contributed by atoms with E-state index in [9.17, 15) is 4.79 Å². The van der Waals surface area contributed by atoms with E-state index in [1.807, 2.05) is 0 Å². The SMILES string of the molecule is COC(C(C)O)C(O)CC=O. The Morgan fingerprint density at radius 3 is 2.36 bits per heavy atom. The molecular weight excluding hydrogens is 148 g/mol. The zero-order valence-corrected chi connectivity index (χ0v) is 6.73. The predicted octanol–water partition coefficient (Wildman–Crippen LogP) is -0.668. The van der Waals surface area contributed by atoms with Crippen LogP contribution in [0.15, 0.2) is 0 Å². The first kappa shape index (κ1) is 10.6. The van der Waals surface area contributed by atoms with Crippen LogP contribution < -0.4 is 0 Å². The van der Waals surface area contributed by atoms with Gasteiger partial charge in [0.1, 0.15) is 12.4 Å². The van der Waals surface area contributed by atoms with Crippen molar-refractivity contribution >= 4 is 6.29 Å². The smallest absolute Gasteiger partial charge is 0.122 e. The van der Waals surface area contributed by atoms with Crippen molar-refractivity contribution in [2.45, 2.75) is 31.7 Å². The average molecular weight is 162 g/mol. The van der Waals surface area contributed by atoms with Crippen molar-refractivity contribution in [3.63, 3.8) is 0 Å². The fourth-order valence-corrected chi connectivity index (χ4v) is 0.908. The predicted molar refractivity (Wildman–Crippen MR) is 39.2 cm³/mol. The van der Waals surface area contributed by atoms with E-state index < -0.39 is 18.3 Å². The van der Waals surface area contributed by atoms with Crippen LogP contribution in [0.3, 0.4) is 0 Å². The first-order valence-electron chi connectivity index (χ1n) is 3.46. The molecule has 0 saturated heterocycles. The summed E-state index contributed by atoms with van der Waals surface area (Å²) in [5, 5.41) is 18.2. The lowest BCUT2D eigenvalue weighted by atomic mass is 10.1. The van der Waals surface area contributed by atoms with Crippen molar-refractivity contribution in [3.05, 3.63) is 0 Å². The van der Waals surface area contributed by atoms with E-state index >= 15 is 0 Å². The van der Waals surface area contributed by atoms with Crippen LogP contribution in [0, 0.1) is 0 Å². The van der Waals surface area contributed by atoms with E-state index in [0.29, 0.717) is 6.29 Å². The minimum absolute atomic E-state index is 0.0105. The third-order valence-corrected chi connectivity index (χ3v) is 1.46. The Labute approximate surface area is 65.8 Å². The molecule has 11 heavy (non-hydrogen) atoms. The number of hydrogen-bond donors (Lipinski definition) is 2. The first-order valence-corrected chi connectivity index (χ1v) is 3.46. The summed E-state index contributed by atoms with van der Waals surface area (Å²) in [6, 6.07) is 0. The van der Waals surface area contributed by atoms with Gasteiger partial charge in [0.25, 0.3) is 0 Å². The molecule has 2 N–H and O–H groups in total. The topological polar surface area (TPSA) is 66.8 Å². The van der Waals surface area contributed by atoms with Crippen LogP contribution in [0.2, 0.25) is 0 Å².